The fourth-order valence-electron chi connectivity index (χ4n) is 7.92. The Labute approximate surface area is 343 Å². The van der Waals surface area contributed by atoms with Crippen molar-refractivity contribution in [3.05, 3.63) is 218 Å². The monoisotopic (exact) mass is 763 g/mol. The molecule has 57 heavy (non-hydrogen) atoms. The maximum Gasteiger partial charge on any atom is 0.0462 e. The van der Waals surface area contributed by atoms with Crippen LogP contribution in [0.1, 0.15) is 0 Å². The molecule has 10 rings (SSSR count). The first-order chi connectivity index (χ1) is 28.2. The minimum Gasteiger partial charge on any atom is -0.311 e. The number of thiol groups is 1. The van der Waals surface area contributed by atoms with E-state index in [1.807, 2.05) is 23.5 Å². The van der Waals surface area contributed by atoms with Gasteiger partial charge in [-0.2, -0.15) is 0 Å². The van der Waals surface area contributed by atoms with Gasteiger partial charge in [0, 0.05) is 42.1 Å². The van der Waals surface area contributed by atoms with Crippen molar-refractivity contribution < 1.29 is 0 Å². The molecule has 0 spiro atoms. The van der Waals surface area contributed by atoms with Crippen LogP contribution >= 0.6 is 24.0 Å². The maximum absolute atomic E-state index is 4.73. The molecule has 0 fully saturated rings. The Hall–Kier alpha value is -6.65. The van der Waals surface area contributed by atoms with Gasteiger partial charge < -0.3 is 4.90 Å². The number of nitrogens with zero attached hydrogens (tertiary/aromatic N) is 1. The number of fused-ring (bicyclic) bond motifs is 3. The van der Waals surface area contributed by atoms with Crippen molar-refractivity contribution in [2.24, 2.45) is 0 Å². The molecule has 1 nitrogen and oxygen atoms in total. The third-order valence-electron chi connectivity index (χ3n) is 10.8. The summed E-state index contributed by atoms with van der Waals surface area (Å²) in [6.45, 7) is 0. The van der Waals surface area contributed by atoms with Crippen molar-refractivity contribution in [2.45, 2.75) is 4.90 Å². The minimum absolute atomic E-state index is 0.974. The standard InChI is InChI=1S/C54H37NS2/c56-52-20-9-7-18-47(52)43-17-11-16-42(34-43)39-24-30-45(31-25-39)55(44-28-22-38(23-29-44)37-12-3-1-4-13-37)46-32-26-41(27-33-46)50-36-54-51(48-19-8-10-21-53(48)57-54)35-49(50)40-14-5-2-6-15-40/h1-36,56H. The van der Waals surface area contributed by atoms with E-state index < -0.39 is 0 Å². The van der Waals surface area contributed by atoms with Gasteiger partial charge in [-0.25, -0.2) is 0 Å². The number of hydrogen-bond acceptors (Lipinski definition) is 3. The molecule has 10 aromatic rings. The van der Waals surface area contributed by atoms with Gasteiger partial charge in [0.05, 0.1) is 0 Å². The Morgan fingerprint density at radius 2 is 0.772 bits per heavy atom. The van der Waals surface area contributed by atoms with Crippen LogP contribution in [0.5, 0.6) is 0 Å². The van der Waals surface area contributed by atoms with Crippen molar-refractivity contribution in [1.29, 1.82) is 0 Å². The summed E-state index contributed by atoms with van der Waals surface area (Å²) in [5.41, 5.74) is 15.2. The van der Waals surface area contributed by atoms with E-state index in [1.165, 1.54) is 59.1 Å². The largest absolute Gasteiger partial charge is 0.311 e. The first kappa shape index (κ1) is 34.8. The van der Waals surface area contributed by atoms with E-state index in [4.69, 9.17) is 12.6 Å². The molecule has 0 aliphatic heterocycles. The lowest BCUT2D eigenvalue weighted by molar-refractivity contribution is 1.28. The van der Waals surface area contributed by atoms with Crippen LogP contribution in [-0.4, -0.2) is 0 Å². The smallest absolute Gasteiger partial charge is 0.0462 e. The van der Waals surface area contributed by atoms with E-state index in [-0.39, 0.29) is 0 Å². The van der Waals surface area contributed by atoms with Gasteiger partial charge in [-0.1, -0.05) is 152 Å². The Morgan fingerprint density at radius 3 is 1.44 bits per heavy atom. The molecule has 0 N–H and O–H groups in total. The third-order valence-corrected chi connectivity index (χ3v) is 12.3. The summed E-state index contributed by atoms with van der Waals surface area (Å²) < 4.78 is 2.62. The molecule has 0 amide bonds. The van der Waals surface area contributed by atoms with Crippen LogP contribution in [0.25, 0.3) is 75.8 Å². The summed E-state index contributed by atoms with van der Waals surface area (Å²) in [6.07, 6.45) is 0. The highest BCUT2D eigenvalue weighted by molar-refractivity contribution is 7.80. The summed E-state index contributed by atoms with van der Waals surface area (Å²) in [6, 6.07) is 78.7. The number of rotatable bonds is 8. The Bertz CT molecular complexity index is 2980. The summed E-state index contributed by atoms with van der Waals surface area (Å²) in [4.78, 5) is 3.32. The highest BCUT2D eigenvalue weighted by Gasteiger charge is 2.17. The Balaban J connectivity index is 1.05. The number of thiophene rings is 1. The topological polar surface area (TPSA) is 3.24 Å². The van der Waals surface area contributed by atoms with E-state index in [2.05, 4.69) is 211 Å². The van der Waals surface area contributed by atoms with Crippen LogP contribution in [0.15, 0.2) is 223 Å². The van der Waals surface area contributed by atoms with Crippen LogP contribution in [0.3, 0.4) is 0 Å². The first-order valence-corrected chi connectivity index (χ1v) is 20.5. The van der Waals surface area contributed by atoms with Crippen LogP contribution < -0.4 is 4.90 Å². The molecule has 0 bridgehead atoms. The van der Waals surface area contributed by atoms with Gasteiger partial charge in [0.1, 0.15) is 0 Å². The zero-order valence-corrected chi connectivity index (χ0v) is 32.8. The predicted molar refractivity (Wildman–Crippen MR) is 248 cm³/mol. The molecule has 0 aliphatic carbocycles. The van der Waals surface area contributed by atoms with E-state index >= 15 is 0 Å². The molecule has 0 aliphatic rings. The Kier molecular flexibility index (Phi) is 9.23. The lowest BCUT2D eigenvalue weighted by atomic mass is 9.92. The minimum atomic E-state index is 0.974. The van der Waals surface area contributed by atoms with Gasteiger partial charge in [-0.3, -0.25) is 0 Å². The zero-order valence-electron chi connectivity index (χ0n) is 31.1. The SMILES string of the molecule is Sc1ccccc1-c1cccc(-c2ccc(N(c3ccc(-c4ccccc4)cc3)c3ccc(-c4cc5sc6ccccc6c5cc4-c4ccccc4)cc3)cc2)c1. The van der Waals surface area contributed by atoms with E-state index in [0.717, 1.165) is 38.6 Å². The van der Waals surface area contributed by atoms with E-state index in [9.17, 15) is 0 Å². The molecule has 0 unspecified atom stereocenters. The number of benzene rings is 9. The van der Waals surface area contributed by atoms with Crippen molar-refractivity contribution >= 4 is 61.2 Å². The average Bonchev–Trinajstić information content (AvgIpc) is 3.65. The molecule has 0 saturated carbocycles. The van der Waals surface area contributed by atoms with Crippen molar-refractivity contribution in [3.8, 4) is 55.6 Å². The molecule has 270 valence electrons. The molecule has 9 aromatic carbocycles. The van der Waals surface area contributed by atoms with Crippen LogP contribution in [0, 0.1) is 0 Å². The molecule has 0 saturated heterocycles. The van der Waals surface area contributed by atoms with Crippen LogP contribution in [-0.2, 0) is 0 Å². The highest BCUT2D eigenvalue weighted by Crippen LogP contribution is 2.43. The van der Waals surface area contributed by atoms with Crippen molar-refractivity contribution in [1.82, 2.24) is 0 Å². The number of anilines is 3. The first-order valence-electron chi connectivity index (χ1n) is 19.2. The van der Waals surface area contributed by atoms with Crippen molar-refractivity contribution in [3.63, 3.8) is 0 Å². The fraction of sp³-hybridized carbons (Fsp3) is 0. The molecular weight excluding hydrogens is 727 g/mol. The molecule has 0 radical (unpaired) electrons. The second-order valence-corrected chi connectivity index (χ2v) is 15.9. The maximum atomic E-state index is 4.73. The summed E-state index contributed by atoms with van der Waals surface area (Å²) in [7, 11) is 0. The van der Waals surface area contributed by atoms with Gasteiger partial charge in [0.15, 0.2) is 0 Å². The van der Waals surface area contributed by atoms with Gasteiger partial charge in [-0.15, -0.1) is 24.0 Å². The predicted octanol–water partition coefficient (Wildman–Crippen LogP) is 16.1. The van der Waals surface area contributed by atoms with Gasteiger partial charge in [0.25, 0.3) is 0 Å². The lowest BCUT2D eigenvalue weighted by Crippen LogP contribution is -2.09. The molecule has 0 atom stereocenters. The normalized spacial score (nSPS) is 11.2. The molecule has 1 aromatic heterocycles. The second-order valence-electron chi connectivity index (χ2n) is 14.3. The van der Waals surface area contributed by atoms with Crippen LogP contribution in [0.4, 0.5) is 17.1 Å². The number of hydrogen-bond donors (Lipinski definition) is 1. The molecule has 3 heteroatoms. The third kappa shape index (κ3) is 6.82. The average molecular weight is 764 g/mol. The Morgan fingerprint density at radius 1 is 0.298 bits per heavy atom. The lowest BCUT2D eigenvalue weighted by Gasteiger charge is -2.26. The zero-order chi connectivity index (χ0) is 38.1. The van der Waals surface area contributed by atoms with E-state index in [1.54, 1.807) is 0 Å². The van der Waals surface area contributed by atoms with E-state index in [0.29, 0.717) is 0 Å². The van der Waals surface area contributed by atoms with Gasteiger partial charge in [0.2, 0.25) is 0 Å². The quantitative estimate of drug-likeness (QED) is 0.151. The summed E-state index contributed by atoms with van der Waals surface area (Å²) in [5, 5.41) is 2.62. The van der Waals surface area contributed by atoms with Gasteiger partial charge >= 0.3 is 0 Å². The summed E-state index contributed by atoms with van der Waals surface area (Å²) in [5.74, 6) is 0. The summed E-state index contributed by atoms with van der Waals surface area (Å²) >= 11 is 6.59. The highest BCUT2D eigenvalue weighted by atomic mass is 32.1. The fourth-order valence-corrected chi connectivity index (χ4v) is 9.34. The molecular formula is C54H37NS2. The van der Waals surface area contributed by atoms with Gasteiger partial charge in [-0.05, 0) is 122 Å². The van der Waals surface area contributed by atoms with Crippen molar-refractivity contribution in [2.75, 3.05) is 4.90 Å². The molecule has 1 heterocycles. The second kappa shape index (κ2) is 15.1. The van der Waals surface area contributed by atoms with Crippen LogP contribution in [0.2, 0.25) is 0 Å².